The van der Waals surface area contributed by atoms with Gasteiger partial charge in [0.1, 0.15) is 11.3 Å². The number of nitriles is 1. The van der Waals surface area contributed by atoms with E-state index in [-0.39, 0.29) is 24.4 Å². The molecule has 0 aromatic heterocycles. The third-order valence-corrected chi connectivity index (χ3v) is 2.98. The highest BCUT2D eigenvalue weighted by Crippen LogP contribution is 2.22. The van der Waals surface area contributed by atoms with Gasteiger partial charge in [-0.05, 0) is 12.1 Å². The maximum Gasteiger partial charge on any atom is 0.339 e. The smallest absolute Gasteiger partial charge is 0.339 e. The molecule has 0 radical (unpaired) electrons. The summed E-state index contributed by atoms with van der Waals surface area (Å²) in [6.45, 7) is 0.777. The Bertz CT molecular complexity index is 610. The van der Waals surface area contributed by atoms with Gasteiger partial charge in [-0.3, -0.25) is 0 Å². The van der Waals surface area contributed by atoms with Crippen molar-refractivity contribution in [3.05, 3.63) is 23.8 Å². The molecule has 1 fully saturated rings. The van der Waals surface area contributed by atoms with E-state index >= 15 is 0 Å². The fourth-order valence-corrected chi connectivity index (χ4v) is 1.90. The minimum atomic E-state index is -1.25. The lowest BCUT2D eigenvalue weighted by Gasteiger charge is -2.29. The number of nitrogens with zero attached hydrogens (tertiary/aromatic N) is 2. The number of carbonyl (C=O) groups excluding carboxylic acids is 1. The van der Waals surface area contributed by atoms with Crippen LogP contribution < -0.4 is 5.32 Å². The molecule has 0 spiro atoms. The molecule has 21 heavy (non-hydrogen) atoms. The van der Waals surface area contributed by atoms with Crippen LogP contribution in [0, 0.1) is 11.3 Å². The topological polar surface area (TPSA) is 123 Å². The van der Waals surface area contributed by atoms with E-state index in [2.05, 4.69) is 5.32 Å². The molecule has 3 N–H and O–H groups in total. The standard InChI is InChI=1S/C13H13N3O5/c14-6-9-7-16(3-4-21-9)13(20)15-8-1-2-10(12(18)19)11(17)5-8/h1-2,5,9,17H,3-4,7H2,(H,15,20)(H,18,19). The number of benzene rings is 1. The molecule has 2 rings (SSSR count). The lowest BCUT2D eigenvalue weighted by atomic mass is 10.2. The van der Waals surface area contributed by atoms with Gasteiger partial charge in [-0.25, -0.2) is 9.59 Å². The predicted molar refractivity (Wildman–Crippen MR) is 71.0 cm³/mol. The Kier molecular flexibility index (Phi) is 4.25. The molecule has 8 nitrogen and oxygen atoms in total. The van der Waals surface area contributed by atoms with Crippen molar-refractivity contribution < 1.29 is 24.5 Å². The molecule has 0 bridgehead atoms. The summed E-state index contributed by atoms with van der Waals surface area (Å²) in [6.07, 6.45) is -0.660. The van der Waals surface area contributed by atoms with Crippen LogP contribution in [0.5, 0.6) is 5.75 Å². The number of phenols is 1. The van der Waals surface area contributed by atoms with Crippen molar-refractivity contribution in [1.82, 2.24) is 4.90 Å². The molecule has 1 atom stereocenters. The fraction of sp³-hybridized carbons (Fsp3) is 0.308. The summed E-state index contributed by atoms with van der Waals surface area (Å²) in [5.74, 6) is -1.69. The van der Waals surface area contributed by atoms with Crippen LogP contribution in [0.1, 0.15) is 10.4 Å². The van der Waals surface area contributed by atoms with Crippen LogP contribution in [0.2, 0.25) is 0 Å². The van der Waals surface area contributed by atoms with E-state index in [0.29, 0.717) is 6.54 Å². The van der Waals surface area contributed by atoms with E-state index in [0.717, 1.165) is 6.07 Å². The number of hydrogen-bond acceptors (Lipinski definition) is 5. The Morgan fingerprint density at radius 3 is 2.86 bits per heavy atom. The largest absolute Gasteiger partial charge is 0.507 e. The Balaban J connectivity index is 2.04. The van der Waals surface area contributed by atoms with Gasteiger partial charge in [0.15, 0.2) is 6.10 Å². The van der Waals surface area contributed by atoms with E-state index in [4.69, 9.17) is 15.1 Å². The second kappa shape index (κ2) is 6.11. The monoisotopic (exact) mass is 291 g/mol. The van der Waals surface area contributed by atoms with Crippen molar-refractivity contribution in [2.45, 2.75) is 6.10 Å². The summed E-state index contributed by atoms with van der Waals surface area (Å²) < 4.78 is 5.13. The molecule has 1 aromatic carbocycles. The first-order chi connectivity index (χ1) is 10.0. The summed E-state index contributed by atoms with van der Waals surface area (Å²) in [4.78, 5) is 24.2. The summed E-state index contributed by atoms with van der Waals surface area (Å²) in [7, 11) is 0. The number of rotatable bonds is 2. The zero-order valence-electron chi connectivity index (χ0n) is 10.9. The average molecular weight is 291 g/mol. The normalized spacial score (nSPS) is 17.9. The summed E-state index contributed by atoms with van der Waals surface area (Å²) in [5, 5.41) is 29.7. The van der Waals surface area contributed by atoms with Crippen molar-refractivity contribution in [2.24, 2.45) is 0 Å². The average Bonchev–Trinajstić information content (AvgIpc) is 2.47. The van der Waals surface area contributed by atoms with E-state index in [1.165, 1.54) is 17.0 Å². The molecule has 1 aliphatic heterocycles. The van der Waals surface area contributed by atoms with Gasteiger partial charge in [0.25, 0.3) is 0 Å². The highest BCUT2D eigenvalue weighted by Gasteiger charge is 2.24. The third kappa shape index (κ3) is 3.40. The highest BCUT2D eigenvalue weighted by atomic mass is 16.5. The first-order valence-corrected chi connectivity index (χ1v) is 6.14. The van der Waals surface area contributed by atoms with Gasteiger partial charge in [0.2, 0.25) is 0 Å². The molecule has 1 heterocycles. The minimum Gasteiger partial charge on any atom is -0.507 e. The Hall–Kier alpha value is -2.79. The van der Waals surface area contributed by atoms with Gasteiger partial charge >= 0.3 is 12.0 Å². The van der Waals surface area contributed by atoms with E-state index < -0.39 is 23.9 Å². The molecular formula is C13H13N3O5. The first-order valence-electron chi connectivity index (χ1n) is 6.14. The van der Waals surface area contributed by atoms with Crippen LogP contribution in [0.15, 0.2) is 18.2 Å². The second-order valence-corrected chi connectivity index (χ2v) is 4.40. The van der Waals surface area contributed by atoms with Gasteiger partial charge in [0, 0.05) is 18.3 Å². The fourth-order valence-electron chi connectivity index (χ4n) is 1.90. The molecule has 1 aromatic rings. The van der Waals surface area contributed by atoms with Crippen molar-refractivity contribution in [3.63, 3.8) is 0 Å². The number of aromatic carboxylic acids is 1. The minimum absolute atomic E-state index is 0.154. The van der Waals surface area contributed by atoms with Crippen LogP contribution in [0.4, 0.5) is 10.5 Å². The number of morpholine rings is 1. The summed E-state index contributed by atoms with van der Waals surface area (Å²) in [6, 6.07) is 5.22. The Morgan fingerprint density at radius 1 is 1.48 bits per heavy atom. The lowest BCUT2D eigenvalue weighted by Crippen LogP contribution is -2.46. The molecule has 2 amide bonds. The highest BCUT2D eigenvalue weighted by molar-refractivity contribution is 5.94. The Morgan fingerprint density at radius 2 is 2.24 bits per heavy atom. The molecule has 0 aliphatic carbocycles. The number of carboxylic acid groups (broad SMARTS) is 1. The molecule has 8 heteroatoms. The van der Waals surface area contributed by atoms with Crippen LogP contribution >= 0.6 is 0 Å². The molecular weight excluding hydrogens is 278 g/mol. The number of aromatic hydroxyl groups is 1. The van der Waals surface area contributed by atoms with E-state index in [1.807, 2.05) is 6.07 Å². The number of anilines is 1. The number of amides is 2. The molecule has 1 saturated heterocycles. The van der Waals surface area contributed by atoms with E-state index in [1.54, 1.807) is 0 Å². The SMILES string of the molecule is N#CC1CN(C(=O)Nc2ccc(C(=O)O)c(O)c2)CCO1. The van der Waals surface area contributed by atoms with Gasteiger partial charge in [-0.15, -0.1) is 0 Å². The number of carboxylic acids is 1. The van der Waals surface area contributed by atoms with Gasteiger partial charge in [-0.2, -0.15) is 5.26 Å². The second-order valence-electron chi connectivity index (χ2n) is 4.40. The molecule has 1 unspecified atom stereocenters. The number of nitrogens with one attached hydrogen (secondary N) is 1. The van der Waals surface area contributed by atoms with Gasteiger partial charge in [0.05, 0.1) is 19.2 Å². The van der Waals surface area contributed by atoms with Crippen molar-refractivity contribution in [2.75, 3.05) is 25.0 Å². The summed E-state index contributed by atoms with van der Waals surface area (Å²) >= 11 is 0. The molecule has 0 saturated carbocycles. The zero-order chi connectivity index (χ0) is 15.4. The maximum absolute atomic E-state index is 12.0. The van der Waals surface area contributed by atoms with Crippen LogP contribution in [0.3, 0.4) is 0 Å². The van der Waals surface area contributed by atoms with Gasteiger partial charge in [-0.1, -0.05) is 0 Å². The summed E-state index contributed by atoms with van der Waals surface area (Å²) in [5.41, 5.74) is 0.0198. The van der Waals surface area contributed by atoms with Crippen molar-refractivity contribution in [1.29, 1.82) is 5.26 Å². The van der Waals surface area contributed by atoms with Crippen molar-refractivity contribution in [3.8, 4) is 11.8 Å². The van der Waals surface area contributed by atoms with Crippen LogP contribution in [-0.4, -0.2) is 52.9 Å². The zero-order valence-corrected chi connectivity index (χ0v) is 10.9. The number of ether oxygens (including phenoxy) is 1. The van der Waals surface area contributed by atoms with E-state index in [9.17, 15) is 14.7 Å². The molecule has 110 valence electrons. The van der Waals surface area contributed by atoms with Crippen LogP contribution in [0.25, 0.3) is 0 Å². The quantitative estimate of drug-likeness (QED) is 0.742. The lowest BCUT2D eigenvalue weighted by molar-refractivity contribution is 0.0181. The first kappa shape index (κ1) is 14.6. The maximum atomic E-state index is 12.0. The molecule has 1 aliphatic rings. The van der Waals surface area contributed by atoms with Crippen molar-refractivity contribution >= 4 is 17.7 Å². The van der Waals surface area contributed by atoms with Gasteiger partial charge < -0.3 is 25.2 Å². The third-order valence-electron chi connectivity index (χ3n) is 2.98. The number of carbonyl (C=O) groups is 2. The Labute approximate surface area is 120 Å². The predicted octanol–water partition coefficient (Wildman–Crippen LogP) is 0.847. The number of urea groups is 1. The number of hydrogen-bond donors (Lipinski definition) is 3. The van der Waals surface area contributed by atoms with Crippen LogP contribution in [-0.2, 0) is 4.74 Å².